The van der Waals surface area contributed by atoms with E-state index in [0.29, 0.717) is 11.8 Å². The van der Waals surface area contributed by atoms with E-state index in [4.69, 9.17) is 17.3 Å². The van der Waals surface area contributed by atoms with Gasteiger partial charge in [-0.2, -0.15) is 0 Å². The highest BCUT2D eigenvalue weighted by Gasteiger charge is 2.60. The molecule has 4 nitrogen and oxygen atoms in total. The van der Waals surface area contributed by atoms with Gasteiger partial charge in [0.15, 0.2) is 0 Å². The van der Waals surface area contributed by atoms with E-state index in [1.165, 1.54) is 6.42 Å². The Balaban J connectivity index is 1.57. The highest BCUT2D eigenvalue weighted by Crippen LogP contribution is 2.64. The Hall–Kier alpha value is -0.255. The molecular formula is C17H28BClN2O2. The average Bonchev–Trinajstić information content (AvgIpc) is 2.92. The molecular weight excluding hydrogens is 310 g/mol. The fourth-order valence-electron chi connectivity index (χ4n) is 6.59. The molecule has 0 spiro atoms. The molecule has 0 aromatic carbocycles. The number of likely N-dealkylation sites (tertiary alicyclic amines) is 1. The number of hydrogen-bond acceptors (Lipinski definition) is 3. The van der Waals surface area contributed by atoms with Crippen LogP contribution in [0.1, 0.15) is 51.4 Å². The monoisotopic (exact) mass is 338 g/mol. The Kier molecular flexibility index (Phi) is 3.79. The quantitative estimate of drug-likeness (QED) is 0.611. The largest absolute Gasteiger partial charge is 0.449 e. The molecule has 4 aliphatic carbocycles. The SMILES string of the molecule is CB(O)C1CCCN1C(=O)C(N)C12CC3CC(CC(Cl)(C3)C1)C2. The summed E-state index contributed by atoms with van der Waals surface area (Å²) in [7, 11) is 0. The molecule has 5 aliphatic rings. The van der Waals surface area contributed by atoms with Gasteiger partial charge in [-0.05, 0) is 68.6 Å². The van der Waals surface area contributed by atoms with Gasteiger partial charge >= 0.3 is 6.92 Å². The van der Waals surface area contributed by atoms with Crippen molar-refractivity contribution in [2.75, 3.05) is 6.54 Å². The molecule has 0 aromatic heterocycles. The molecule has 4 atom stereocenters. The zero-order chi connectivity index (χ0) is 16.4. The number of amides is 1. The van der Waals surface area contributed by atoms with Crippen molar-refractivity contribution in [1.29, 1.82) is 0 Å². The topological polar surface area (TPSA) is 66.6 Å². The summed E-state index contributed by atoms with van der Waals surface area (Å²) in [5.41, 5.74) is 6.48. The van der Waals surface area contributed by atoms with E-state index >= 15 is 0 Å². The van der Waals surface area contributed by atoms with E-state index in [-0.39, 0.29) is 22.1 Å². The first-order valence-corrected chi connectivity index (χ1v) is 9.63. The summed E-state index contributed by atoms with van der Waals surface area (Å²) in [4.78, 5) is 14.9. The van der Waals surface area contributed by atoms with E-state index in [0.717, 1.165) is 51.5 Å². The van der Waals surface area contributed by atoms with Gasteiger partial charge in [0.05, 0.1) is 6.04 Å². The lowest BCUT2D eigenvalue weighted by molar-refractivity contribution is -0.141. The summed E-state index contributed by atoms with van der Waals surface area (Å²) in [5.74, 6) is 1.29. The van der Waals surface area contributed by atoms with Crippen LogP contribution in [-0.2, 0) is 4.79 Å². The number of carbonyl (C=O) groups excluding carboxylic acids is 1. The molecule has 6 heteroatoms. The van der Waals surface area contributed by atoms with Gasteiger partial charge in [-0.25, -0.2) is 0 Å². The average molecular weight is 339 g/mol. The van der Waals surface area contributed by atoms with Crippen molar-refractivity contribution in [2.24, 2.45) is 23.0 Å². The number of hydrogen-bond donors (Lipinski definition) is 2. The first kappa shape index (κ1) is 16.2. The number of nitrogens with two attached hydrogens (primary N) is 1. The summed E-state index contributed by atoms with van der Waals surface area (Å²) in [6, 6.07) is -0.453. The lowest BCUT2D eigenvalue weighted by atomic mass is 9.47. The first-order chi connectivity index (χ1) is 10.8. The fraction of sp³-hybridized carbons (Fsp3) is 0.941. The summed E-state index contributed by atoms with van der Waals surface area (Å²) in [5, 5.41) is 9.97. The second kappa shape index (κ2) is 5.37. The molecule has 5 rings (SSSR count). The van der Waals surface area contributed by atoms with Gasteiger partial charge in [0.2, 0.25) is 5.91 Å². The molecule has 3 N–H and O–H groups in total. The van der Waals surface area contributed by atoms with Gasteiger partial charge in [-0.3, -0.25) is 4.79 Å². The smallest absolute Gasteiger partial charge is 0.309 e. The lowest BCUT2D eigenvalue weighted by Gasteiger charge is -2.61. The maximum absolute atomic E-state index is 13.1. The zero-order valence-corrected chi connectivity index (χ0v) is 14.8. The minimum absolute atomic E-state index is 0.0515. The molecule has 1 aliphatic heterocycles. The fourth-order valence-corrected chi connectivity index (χ4v) is 7.29. The normalized spacial score (nSPS) is 46.3. The molecule has 4 unspecified atom stereocenters. The van der Waals surface area contributed by atoms with Gasteiger partial charge in [0.25, 0.3) is 0 Å². The Morgan fingerprint density at radius 3 is 2.57 bits per heavy atom. The predicted molar refractivity (Wildman–Crippen MR) is 92.2 cm³/mol. The standard InChI is InChI=1S/C17H28BClN2O2/c1-18(23)13-3-2-4-21(13)15(22)14(20)16-6-11-5-12(7-16)9-17(19,8-11)10-16/h11-14,23H,2-10,20H2,1H3. The Labute approximate surface area is 144 Å². The molecule has 23 heavy (non-hydrogen) atoms. The Morgan fingerprint density at radius 1 is 1.35 bits per heavy atom. The summed E-state index contributed by atoms with van der Waals surface area (Å²) >= 11 is 6.89. The Bertz CT molecular complexity index is 501. The van der Waals surface area contributed by atoms with Crippen LogP contribution in [0.5, 0.6) is 0 Å². The Morgan fingerprint density at radius 2 is 2.00 bits per heavy atom. The van der Waals surface area contributed by atoms with E-state index in [2.05, 4.69) is 0 Å². The molecule has 128 valence electrons. The predicted octanol–water partition coefficient (Wildman–Crippen LogP) is 2.04. The van der Waals surface area contributed by atoms with Crippen LogP contribution in [0, 0.1) is 17.3 Å². The van der Waals surface area contributed by atoms with Crippen molar-refractivity contribution in [3.63, 3.8) is 0 Å². The second-order valence-corrected chi connectivity index (χ2v) is 9.74. The maximum Gasteiger partial charge on any atom is 0.309 e. The second-order valence-electron chi connectivity index (χ2n) is 8.93. The van der Waals surface area contributed by atoms with Crippen molar-refractivity contribution in [1.82, 2.24) is 4.90 Å². The van der Waals surface area contributed by atoms with E-state index in [1.807, 2.05) is 4.90 Å². The van der Waals surface area contributed by atoms with Gasteiger partial charge < -0.3 is 15.7 Å². The van der Waals surface area contributed by atoms with Crippen molar-refractivity contribution >= 4 is 24.4 Å². The van der Waals surface area contributed by atoms with Crippen LogP contribution in [0.15, 0.2) is 0 Å². The third kappa shape index (κ3) is 2.54. The van der Waals surface area contributed by atoms with Gasteiger partial charge in [0, 0.05) is 17.4 Å². The van der Waals surface area contributed by atoms with Crippen molar-refractivity contribution in [2.45, 2.75) is 75.0 Å². The van der Waals surface area contributed by atoms with Crippen LogP contribution in [0.3, 0.4) is 0 Å². The maximum atomic E-state index is 13.1. The highest BCUT2D eigenvalue weighted by atomic mass is 35.5. The number of halogens is 1. The third-order valence-corrected chi connectivity index (χ3v) is 7.54. The van der Waals surface area contributed by atoms with E-state index in [1.54, 1.807) is 6.82 Å². The molecule has 4 bridgehead atoms. The summed E-state index contributed by atoms with van der Waals surface area (Å²) < 4.78 is 0. The van der Waals surface area contributed by atoms with Crippen molar-refractivity contribution in [3.8, 4) is 0 Å². The molecule has 5 fully saturated rings. The van der Waals surface area contributed by atoms with Crippen molar-refractivity contribution < 1.29 is 9.82 Å². The van der Waals surface area contributed by atoms with Crippen LogP contribution >= 0.6 is 11.6 Å². The van der Waals surface area contributed by atoms with Crippen LogP contribution < -0.4 is 5.73 Å². The lowest BCUT2D eigenvalue weighted by Crippen LogP contribution is -2.64. The van der Waals surface area contributed by atoms with E-state index in [9.17, 15) is 9.82 Å². The summed E-state index contributed by atoms with van der Waals surface area (Å²) in [6.07, 6.45) is 8.36. The van der Waals surface area contributed by atoms with Crippen LogP contribution in [0.4, 0.5) is 0 Å². The highest BCUT2D eigenvalue weighted by molar-refractivity contribution is 6.51. The van der Waals surface area contributed by atoms with Crippen molar-refractivity contribution in [3.05, 3.63) is 0 Å². The van der Waals surface area contributed by atoms with Gasteiger partial charge in [-0.1, -0.05) is 6.82 Å². The minimum atomic E-state index is -0.482. The van der Waals surface area contributed by atoms with Gasteiger partial charge in [0.1, 0.15) is 0 Å². The molecule has 1 saturated heterocycles. The first-order valence-electron chi connectivity index (χ1n) is 9.25. The van der Waals surface area contributed by atoms with Crippen LogP contribution in [0.25, 0.3) is 0 Å². The third-order valence-electron chi connectivity index (χ3n) is 7.10. The molecule has 1 heterocycles. The number of carbonyl (C=O) groups is 1. The van der Waals surface area contributed by atoms with Crippen LogP contribution in [0.2, 0.25) is 6.82 Å². The van der Waals surface area contributed by atoms with Gasteiger partial charge in [-0.15, -0.1) is 11.6 Å². The number of alkyl halides is 1. The molecule has 4 saturated carbocycles. The molecule has 0 aromatic rings. The zero-order valence-electron chi connectivity index (χ0n) is 14.0. The van der Waals surface area contributed by atoms with E-state index < -0.39 is 13.0 Å². The number of rotatable bonds is 3. The molecule has 1 amide bonds. The number of nitrogens with zero attached hydrogens (tertiary/aromatic N) is 1. The minimum Gasteiger partial charge on any atom is -0.449 e. The summed E-state index contributed by atoms with van der Waals surface area (Å²) in [6.45, 7) is 2.03. The van der Waals surface area contributed by atoms with Crippen LogP contribution in [-0.4, -0.2) is 46.1 Å². The molecule has 0 radical (unpaired) electrons.